The molecule has 0 radical (unpaired) electrons. The van der Waals surface area contributed by atoms with Gasteiger partial charge in [0.1, 0.15) is 23.1 Å². The molecule has 0 unspecified atom stereocenters. The molecule has 3 N–H and O–H groups in total. The fraction of sp³-hybridized carbons (Fsp3) is 0.265. The molecule has 0 bridgehead atoms. The summed E-state index contributed by atoms with van der Waals surface area (Å²) in [7, 11) is -1.76. The van der Waals surface area contributed by atoms with Crippen LogP contribution in [0.4, 0.5) is 15.8 Å². The van der Waals surface area contributed by atoms with Crippen LogP contribution in [0, 0.1) is 5.82 Å². The number of hydrogen-bond donors (Lipinski definition) is 3. The third-order valence-corrected chi connectivity index (χ3v) is 8.15. The molecule has 0 spiro atoms. The minimum absolute atomic E-state index is 0. The van der Waals surface area contributed by atoms with E-state index in [0.717, 1.165) is 44.3 Å². The Hall–Kier alpha value is -4.16. The number of carbonyl (C=O) groups is 1. The van der Waals surface area contributed by atoms with E-state index < -0.39 is 10.0 Å². The quantitative estimate of drug-likeness (QED) is 0.160. The highest BCUT2D eigenvalue weighted by molar-refractivity contribution is 7.92. The van der Waals surface area contributed by atoms with Gasteiger partial charge in [-0.3, -0.25) is 14.4 Å². The lowest BCUT2D eigenvalue weighted by Gasteiger charge is -2.32. The summed E-state index contributed by atoms with van der Waals surface area (Å²) in [6.07, 6.45) is 3.11. The highest BCUT2D eigenvalue weighted by atomic mass is 35.5. The Bertz CT molecular complexity index is 1700. The smallest absolute Gasteiger partial charge is 0.259 e. The molecule has 12 heteroatoms. The van der Waals surface area contributed by atoms with Crippen molar-refractivity contribution in [3.05, 3.63) is 114 Å². The third kappa shape index (κ3) is 9.92. The van der Waals surface area contributed by atoms with E-state index in [0.29, 0.717) is 46.8 Å². The van der Waals surface area contributed by atoms with Crippen LogP contribution in [0.2, 0.25) is 0 Å². The second-order valence-corrected chi connectivity index (χ2v) is 12.8. The van der Waals surface area contributed by atoms with Gasteiger partial charge in [-0.2, -0.15) is 0 Å². The van der Waals surface area contributed by atoms with Crippen LogP contribution in [-0.2, 0) is 23.1 Å². The van der Waals surface area contributed by atoms with E-state index in [1.807, 2.05) is 24.3 Å². The van der Waals surface area contributed by atoms with Crippen LogP contribution in [0.3, 0.4) is 0 Å². The van der Waals surface area contributed by atoms with Gasteiger partial charge in [-0.25, -0.2) is 12.8 Å². The molecule has 0 atom stereocenters. The summed E-state index contributed by atoms with van der Waals surface area (Å²) >= 11 is 0. The Morgan fingerprint density at radius 1 is 0.891 bits per heavy atom. The first-order valence-corrected chi connectivity index (χ1v) is 16.6. The maximum atomic E-state index is 13.2. The summed E-state index contributed by atoms with van der Waals surface area (Å²) in [6, 6.07) is 26.3. The van der Waals surface area contributed by atoms with Crippen LogP contribution in [0.1, 0.15) is 34.3 Å². The van der Waals surface area contributed by atoms with Crippen LogP contribution in [-0.4, -0.2) is 51.7 Å². The number of benzene rings is 4. The topological polar surface area (TPSA) is 109 Å². The van der Waals surface area contributed by atoms with Crippen LogP contribution >= 0.6 is 12.4 Å². The maximum Gasteiger partial charge on any atom is 0.259 e. The van der Waals surface area contributed by atoms with E-state index in [-0.39, 0.29) is 24.1 Å². The molecule has 1 aliphatic rings. The molecular formula is C34H38ClFN4O5S. The van der Waals surface area contributed by atoms with E-state index in [9.17, 15) is 17.6 Å². The highest BCUT2D eigenvalue weighted by Crippen LogP contribution is 2.27. The summed E-state index contributed by atoms with van der Waals surface area (Å²) < 4.78 is 50.0. The van der Waals surface area contributed by atoms with Crippen molar-refractivity contribution >= 4 is 39.7 Å². The van der Waals surface area contributed by atoms with Gasteiger partial charge < -0.3 is 20.1 Å². The van der Waals surface area contributed by atoms with Gasteiger partial charge >= 0.3 is 0 Å². The predicted molar refractivity (Wildman–Crippen MR) is 181 cm³/mol. The minimum atomic E-state index is -3.32. The molecule has 4 aromatic carbocycles. The Morgan fingerprint density at radius 2 is 1.50 bits per heavy atom. The number of carbonyl (C=O) groups excluding carboxylic acids is 1. The zero-order valence-corrected chi connectivity index (χ0v) is 27.3. The lowest BCUT2D eigenvalue weighted by atomic mass is 10.0. The molecule has 1 aliphatic heterocycles. The number of halogens is 2. The SMILES string of the molecule is COc1c(CNC2CCN(Cc3ccc(Oc4ccc(NS(C)(=O)=O)cc4)cc3)CC2)cccc1C(=O)Nc1ccc(F)cc1.Cl. The van der Waals surface area contributed by atoms with Crippen LogP contribution < -0.4 is 24.8 Å². The van der Waals surface area contributed by atoms with Crippen LogP contribution in [0.15, 0.2) is 91.0 Å². The zero-order valence-electron chi connectivity index (χ0n) is 25.7. The molecule has 0 saturated carbocycles. The average molecular weight is 669 g/mol. The van der Waals surface area contributed by atoms with Crippen molar-refractivity contribution < 1.29 is 27.1 Å². The minimum Gasteiger partial charge on any atom is -0.496 e. The maximum absolute atomic E-state index is 13.2. The molecule has 0 aromatic heterocycles. The first-order chi connectivity index (χ1) is 21.6. The number of sulfonamides is 1. The van der Waals surface area contributed by atoms with Crippen LogP contribution in [0.25, 0.3) is 0 Å². The van der Waals surface area contributed by atoms with Crippen molar-refractivity contribution in [2.45, 2.75) is 32.0 Å². The second-order valence-electron chi connectivity index (χ2n) is 11.0. The number of para-hydroxylation sites is 1. The van der Waals surface area contributed by atoms with Crippen molar-refractivity contribution in [3.8, 4) is 17.2 Å². The number of nitrogens with zero attached hydrogens (tertiary/aromatic N) is 1. The standard InChI is InChI=1S/C34H37FN4O5S.ClH/c1-43-33-25(4-3-5-32(33)34(40)37-28-10-8-26(35)9-11-28)22-36-27-18-20-39(21-19-27)23-24-6-14-30(15-7-24)44-31-16-12-29(13-17-31)38-45(2,41)42;/h3-17,27,36,38H,18-23H2,1-2H3,(H,37,40);1H. The van der Waals surface area contributed by atoms with Gasteiger partial charge in [0.2, 0.25) is 10.0 Å². The molecule has 1 fully saturated rings. The lowest BCUT2D eigenvalue weighted by Crippen LogP contribution is -2.41. The molecule has 244 valence electrons. The number of anilines is 2. The van der Waals surface area contributed by atoms with Crippen molar-refractivity contribution in [2.24, 2.45) is 0 Å². The van der Waals surface area contributed by atoms with Crippen molar-refractivity contribution in [1.29, 1.82) is 0 Å². The number of rotatable bonds is 12. The highest BCUT2D eigenvalue weighted by Gasteiger charge is 2.21. The number of methoxy groups -OCH3 is 1. The Kier molecular flexibility index (Phi) is 12.0. The summed E-state index contributed by atoms with van der Waals surface area (Å²) in [5, 5.41) is 6.44. The normalized spacial score (nSPS) is 13.8. The molecule has 1 saturated heterocycles. The predicted octanol–water partition coefficient (Wildman–Crippen LogP) is 6.43. The molecule has 9 nitrogen and oxygen atoms in total. The molecule has 5 rings (SSSR count). The van der Waals surface area contributed by atoms with E-state index >= 15 is 0 Å². The number of likely N-dealkylation sites (tertiary alicyclic amines) is 1. The first-order valence-electron chi connectivity index (χ1n) is 14.7. The molecule has 1 heterocycles. The van der Waals surface area contributed by atoms with Gasteiger partial charge in [-0.15, -0.1) is 12.4 Å². The first kappa shape index (κ1) is 34.7. The monoisotopic (exact) mass is 668 g/mol. The third-order valence-electron chi connectivity index (χ3n) is 7.54. The van der Waals surface area contributed by atoms with Gasteiger partial charge in [0, 0.05) is 36.1 Å². The van der Waals surface area contributed by atoms with Crippen molar-refractivity contribution in [3.63, 3.8) is 0 Å². The van der Waals surface area contributed by atoms with E-state index in [1.165, 1.54) is 29.8 Å². The fourth-order valence-corrected chi connectivity index (χ4v) is 5.85. The number of piperidine rings is 1. The summed E-state index contributed by atoms with van der Waals surface area (Å²) in [6.45, 7) is 3.34. The van der Waals surface area contributed by atoms with Crippen LogP contribution in [0.5, 0.6) is 17.2 Å². The second kappa shape index (κ2) is 15.9. The Morgan fingerprint density at radius 3 is 2.11 bits per heavy atom. The summed E-state index contributed by atoms with van der Waals surface area (Å²) in [5.74, 6) is 1.17. The van der Waals surface area contributed by atoms with Gasteiger partial charge in [-0.1, -0.05) is 24.3 Å². The van der Waals surface area contributed by atoms with E-state index in [4.69, 9.17) is 9.47 Å². The molecule has 0 aliphatic carbocycles. The average Bonchev–Trinajstić information content (AvgIpc) is 3.03. The summed E-state index contributed by atoms with van der Waals surface area (Å²) in [5.41, 5.74) is 3.51. The van der Waals surface area contributed by atoms with Gasteiger partial charge in [0.15, 0.2) is 0 Å². The molecule has 46 heavy (non-hydrogen) atoms. The van der Waals surface area contributed by atoms with Gasteiger partial charge in [0.25, 0.3) is 5.91 Å². The Labute approximate surface area is 275 Å². The Balaban J connectivity index is 0.00000480. The fourth-order valence-electron chi connectivity index (χ4n) is 5.29. The van der Waals surface area contributed by atoms with Gasteiger partial charge in [-0.05, 0) is 98.2 Å². The van der Waals surface area contributed by atoms with Crippen molar-refractivity contribution in [2.75, 3.05) is 36.5 Å². The van der Waals surface area contributed by atoms with Gasteiger partial charge in [0.05, 0.1) is 18.9 Å². The largest absolute Gasteiger partial charge is 0.496 e. The molecular weight excluding hydrogens is 631 g/mol. The zero-order chi connectivity index (χ0) is 31.8. The number of hydrogen-bond acceptors (Lipinski definition) is 7. The number of ether oxygens (including phenoxy) is 2. The van der Waals surface area contributed by atoms with Crippen molar-refractivity contribution in [1.82, 2.24) is 10.2 Å². The summed E-state index contributed by atoms with van der Waals surface area (Å²) in [4.78, 5) is 15.4. The molecule has 4 aromatic rings. The van der Waals surface area contributed by atoms with E-state index in [2.05, 4.69) is 32.4 Å². The van der Waals surface area contributed by atoms with E-state index in [1.54, 1.807) is 37.4 Å². The lowest BCUT2D eigenvalue weighted by molar-refractivity contribution is 0.102. The molecule has 1 amide bonds. The number of nitrogens with one attached hydrogen (secondary N) is 3. The number of amides is 1.